The Morgan fingerprint density at radius 1 is 1.31 bits per heavy atom. The molecule has 2 heterocycles. The van der Waals surface area contributed by atoms with Crippen LogP contribution in [-0.2, 0) is 0 Å². The standard InChI is InChI=1S/C12H21N/c1-11(2,3)12-5-4-6-13(12)10-7-9(10)8-12/h9-10H,4-8H2,1-3H3. The van der Waals surface area contributed by atoms with Crippen LogP contribution >= 0.6 is 0 Å². The number of rotatable bonds is 0. The molecular formula is C12H21N. The highest BCUT2D eigenvalue weighted by Gasteiger charge is 2.64. The van der Waals surface area contributed by atoms with E-state index < -0.39 is 0 Å². The maximum atomic E-state index is 2.86. The Kier molecular flexibility index (Phi) is 1.36. The highest BCUT2D eigenvalue weighted by Crippen LogP contribution is 2.62. The van der Waals surface area contributed by atoms with Gasteiger partial charge in [-0.2, -0.15) is 0 Å². The molecule has 2 saturated heterocycles. The van der Waals surface area contributed by atoms with Gasteiger partial charge in [0.1, 0.15) is 0 Å². The summed E-state index contributed by atoms with van der Waals surface area (Å²) in [6, 6.07) is 1.00. The van der Waals surface area contributed by atoms with Gasteiger partial charge in [0.2, 0.25) is 0 Å². The Morgan fingerprint density at radius 3 is 2.69 bits per heavy atom. The van der Waals surface area contributed by atoms with E-state index in [-0.39, 0.29) is 0 Å². The molecule has 2 aliphatic heterocycles. The molecule has 3 unspecified atom stereocenters. The Hall–Kier alpha value is -0.0400. The second-order valence-corrected chi connectivity index (χ2v) is 6.35. The molecule has 0 aromatic rings. The minimum atomic E-state index is 0.497. The molecule has 3 fully saturated rings. The molecule has 0 amide bonds. The van der Waals surface area contributed by atoms with Crippen molar-refractivity contribution in [3.05, 3.63) is 0 Å². The van der Waals surface area contributed by atoms with Crippen LogP contribution in [0, 0.1) is 11.3 Å². The summed E-state index contributed by atoms with van der Waals surface area (Å²) in [6.07, 6.45) is 5.92. The molecular weight excluding hydrogens is 158 g/mol. The van der Waals surface area contributed by atoms with Crippen molar-refractivity contribution in [2.24, 2.45) is 11.3 Å². The summed E-state index contributed by atoms with van der Waals surface area (Å²) in [4.78, 5) is 2.86. The first kappa shape index (κ1) is 8.28. The van der Waals surface area contributed by atoms with Crippen molar-refractivity contribution in [1.82, 2.24) is 4.90 Å². The smallest absolute Gasteiger partial charge is 0.0264 e. The highest BCUT2D eigenvalue weighted by molar-refractivity contribution is 5.18. The van der Waals surface area contributed by atoms with Crippen LogP contribution < -0.4 is 0 Å². The van der Waals surface area contributed by atoms with E-state index in [0.29, 0.717) is 11.0 Å². The van der Waals surface area contributed by atoms with E-state index in [1.807, 2.05) is 0 Å². The Balaban J connectivity index is 1.97. The number of hydrogen-bond donors (Lipinski definition) is 0. The third-order valence-electron chi connectivity index (χ3n) is 4.82. The molecule has 1 saturated carbocycles. The molecule has 74 valence electrons. The van der Waals surface area contributed by atoms with Crippen molar-refractivity contribution < 1.29 is 0 Å². The van der Waals surface area contributed by atoms with Crippen molar-refractivity contribution in [2.45, 2.75) is 58.0 Å². The van der Waals surface area contributed by atoms with Gasteiger partial charge in [0.25, 0.3) is 0 Å². The van der Waals surface area contributed by atoms with Crippen molar-refractivity contribution in [1.29, 1.82) is 0 Å². The van der Waals surface area contributed by atoms with Crippen LogP contribution in [0.4, 0.5) is 0 Å². The van der Waals surface area contributed by atoms with Crippen LogP contribution in [0.15, 0.2) is 0 Å². The summed E-state index contributed by atoms with van der Waals surface area (Å²) in [5.74, 6) is 1.08. The Bertz CT molecular complexity index is 240. The molecule has 1 heteroatoms. The van der Waals surface area contributed by atoms with Crippen molar-refractivity contribution >= 4 is 0 Å². The van der Waals surface area contributed by atoms with Gasteiger partial charge < -0.3 is 0 Å². The van der Waals surface area contributed by atoms with E-state index >= 15 is 0 Å². The van der Waals surface area contributed by atoms with Gasteiger partial charge in [-0.1, -0.05) is 20.8 Å². The van der Waals surface area contributed by atoms with Gasteiger partial charge in [-0.05, 0) is 43.6 Å². The highest BCUT2D eigenvalue weighted by atomic mass is 15.3. The van der Waals surface area contributed by atoms with Gasteiger partial charge in [-0.25, -0.2) is 0 Å². The fourth-order valence-electron chi connectivity index (χ4n) is 3.98. The van der Waals surface area contributed by atoms with Crippen LogP contribution in [0.25, 0.3) is 0 Å². The zero-order chi connectivity index (χ0) is 9.27. The first-order valence-corrected chi connectivity index (χ1v) is 5.81. The van der Waals surface area contributed by atoms with Crippen LogP contribution in [0.1, 0.15) is 46.5 Å². The van der Waals surface area contributed by atoms with Gasteiger partial charge in [0.15, 0.2) is 0 Å². The lowest BCUT2D eigenvalue weighted by atomic mass is 9.70. The molecule has 0 bridgehead atoms. The number of fused-ring (bicyclic) bond motifs is 3. The average molecular weight is 179 g/mol. The van der Waals surface area contributed by atoms with E-state index in [9.17, 15) is 0 Å². The van der Waals surface area contributed by atoms with Crippen LogP contribution in [0.3, 0.4) is 0 Å². The molecule has 3 atom stereocenters. The average Bonchev–Trinajstić information content (AvgIpc) is 2.52. The third-order valence-corrected chi connectivity index (χ3v) is 4.82. The van der Waals surface area contributed by atoms with Gasteiger partial charge >= 0.3 is 0 Å². The van der Waals surface area contributed by atoms with Crippen LogP contribution in [0.5, 0.6) is 0 Å². The summed E-state index contributed by atoms with van der Waals surface area (Å²) in [6.45, 7) is 8.71. The van der Waals surface area contributed by atoms with E-state index in [1.165, 1.54) is 32.2 Å². The molecule has 1 aliphatic carbocycles. The molecule has 3 rings (SSSR count). The SMILES string of the molecule is CC(C)(C)C12CCCN1C1CC1C2. The molecule has 0 N–H and O–H groups in total. The quantitative estimate of drug-likeness (QED) is 0.552. The molecule has 3 aliphatic rings. The number of nitrogens with zero attached hydrogens (tertiary/aromatic N) is 1. The fourth-order valence-corrected chi connectivity index (χ4v) is 3.98. The number of piperidine rings is 1. The van der Waals surface area contributed by atoms with E-state index in [0.717, 1.165) is 12.0 Å². The minimum Gasteiger partial charge on any atom is -0.294 e. The van der Waals surface area contributed by atoms with E-state index in [1.54, 1.807) is 0 Å². The largest absolute Gasteiger partial charge is 0.294 e. The first-order chi connectivity index (χ1) is 6.05. The molecule has 0 aromatic heterocycles. The summed E-state index contributed by atoms with van der Waals surface area (Å²) in [7, 11) is 0. The zero-order valence-electron chi connectivity index (χ0n) is 9.14. The molecule has 0 aromatic carbocycles. The van der Waals surface area contributed by atoms with Crippen molar-refractivity contribution in [2.75, 3.05) is 6.54 Å². The first-order valence-electron chi connectivity index (χ1n) is 5.81. The van der Waals surface area contributed by atoms with Crippen LogP contribution in [0.2, 0.25) is 0 Å². The monoisotopic (exact) mass is 179 g/mol. The summed E-state index contributed by atoms with van der Waals surface area (Å²) in [5.41, 5.74) is 1.09. The van der Waals surface area contributed by atoms with E-state index in [2.05, 4.69) is 25.7 Å². The Morgan fingerprint density at radius 2 is 2.08 bits per heavy atom. The van der Waals surface area contributed by atoms with Crippen molar-refractivity contribution in [3.63, 3.8) is 0 Å². The second kappa shape index (κ2) is 2.13. The van der Waals surface area contributed by atoms with Gasteiger partial charge in [0.05, 0.1) is 0 Å². The van der Waals surface area contributed by atoms with Crippen molar-refractivity contribution in [3.8, 4) is 0 Å². The van der Waals surface area contributed by atoms with Gasteiger partial charge in [-0.3, -0.25) is 4.90 Å². The summed E-state index contributed by atoms with van der Waals surface area (Å²) < 4.78 is 0. The third kappa shape index (κ3) is 0.869. The topological polar surface area (TPSA) is 3.24 Å². The zero-order valence-corrected chi connectivity index (χ0v) is 9.14. The lowest BCUT2D eigenvalue weighted by molar-refractivity contribution is 0.0424. The summed E-state index contributed by atoms with van der Waals surface area (Å²) in [5, 5.41) is 0. The molecule has 1 nitrogen and oxygen atoms in total. The number of hydrogen-bond acceptors (Lipinski definition) is 1. The molecule has 13 heavy (non-hydrogen) atoms. The summed E-state index contributed by atoms with van der Waals surface area (Å²) >= 11 is 0. The van der Waals surface area contributed by atoms with Gasteiger partial charge in [-0.15, -0.1) is 0 Å². The normalized spacial score (nSPS) is 49.2. The Labute approximate surface area is 81.5 Å². The predicted molar refractivity (Wildman–Crippen MR) is 54.6 cm³/mol. The maximum absolute atomic E-state index is 2.86. The maximum Gasteiger partial charge on any atom is 0.0264 e. The molecule has 0 radical (unpaired) electrons. The van der Waals surface area contributed by atoms with Gasteiger partial charge in [0, 0.05) is 11.6 Å². The predicted octanol–water partition coefficient (Wildman–Crippen LogP) is 2.66. The lowest BCUT2D eigenvalue weighted by Crippen LogP contribution is -2.51. The van der Waals surface area contributed by atoms with Crippen LogP contribution in [-0.4, -0.2) is 23.0 Å². The molecule has 0 spiro atoms. The minimum absolute atomic E-state index is 0.497. The van der Waals surface area contributed by atoms with E-state index in [4.69, 9.17) is 0 Å². The second-order valence-electron chi connectivity index (χ2n) is 6.35. The fraction of sp³-hybridized carbons (Fsp3) is 1.00. The lowest BCUT2D eigenvalue weighted by Gasteiger charge is -2.46.